The van der Waals surface area contributed by atoms with Crippen LogP contribution in [0.4, 0.5) is 17.3 Å². The van der Waals surface area contributed by atoms with Crippen LogP contribution in [0, 0.1) is 5.92 Å². The zero-order valence-corrected chi connectivity index (χ0v) is 15.3. The Hall–Kier alpha value is -2.80. The van der Waals surface area contributed by atoms with E-state index in [4.69, 9.17) is 0 Å². The van der Waals surface area contributed by atoms with Gasteiger partial charge in [0.05, 0.1) is 0 Å². The molecule has 7 heteroatoms. The van der Waals surface area contributed by atoms with Gasteiger partial charge < -0.3 is 10.6 Å². The van der Waals surface area contributed by atoms with Crippen molar-refractivity contribution in [1.82, 2.24) is 15.0 Å². The summed E-state index contributed by atoms with van der Waals surface area (Å²) in [6.45, 7) is 0. The number of amides is 1. The van der Waals surface area contributed by atoms with Crippen molar-refractivity contribution >= 4 is 39.2 Å². The van der Waals surface area contributed by atoms with E-state index in [0.29, 0.717) is 5.95 Å². The van der Waals surface area contributed by atoms with E-state index in [-0.39, 0.29) is 17.7 Å². The number of benzene rings is 1. The van der Waals surface area contributed by atoms with Crippen molar-refractivity contribution < 1.29 is 4.79 Å². The number of aromatic nitrogens is 3. The molecule has 3 aromatic rings. The van der Waals surface area contributed by atoms with Crippen LogP contribution in [-0.2, 0) is 4.79 Å². The normalized spacial score (nSPS) is 18.2. The fourth-order valence-corrected chi connectivity index (χ4v) is 3.06. The maximum absolute atomic E-state index is 12.4. The van der Waals surface area contributed by atoms with Crippen molar-refractivity contribution in [1.29, 1.82) is 0 Å². The zero-order valence-electron chi connectivity index (χ0n) is 13.8. The Morgan fingerprint density at radius 1 is 1.00 bits per heavy atom. The van der Waals surface area contributed by atoms with Crippen LogP contribution in [0.25, 0.3) is 0 Å². The Morgan fingerprint density at radius 3 is 2.42 bits per heavy atom. The number of nitrogens with one attached hydrogen (secondary N) is 2. The standard InChI is InChI=1S/C19H16BrN5O/c20-17-7-2-12(11-23-17)15-10-16(15)18(26)24-13-3-5-14(6-4-13)25-19-21-8-1-9-22-19/h1-9,11,15-16H,10H2,(H,24,26)(H,21,22,25)/t15-,16+/m0/s1. The van der Waals surface area contributed by atoms with E-state index in [0.717, 1.165) is 28.0 Å². The molecule has 2 atom stereocenters. The van der Waals surface area contributed by atoms with E-state index in [1.165, 1.54) is 0 Å². The van der Waals surface area contributed by atoms with Crippen molar-refractivity contribution in [2.24, 2.45) is 5.92 Å². The maximum atomic E-state index is 12.4. The monoisotopic (exact) mass is 409 g/mol. The van der Waals surface area contributed by atoms with Gasteiger partial charge in [0.15, 0.2) is 0 Å². The molecule has 0 saturated heterocycles. The number of nitrogens with zero attached hydrogens (tertiary/aromatic N) is 3. The molecule has 6 nitrogen and oxygen atoms in total. The van der Waals surface area contributed by atoms with Crippen LogP contribution >= 0.6 is 15.9 Å². The lowest BCUT2D eigenvalue weighted by molar-refractivity contribution is -0.117. The average Bonchev–Trinajstić information content (AvgIpc) is 3.46. The lowest BCUT2D eigenvalue weighted by Crippen LogP contribution is -2.14. The first-order chi connectivity index (χ1) is 12.7. The molecule has 0 spiro atoms. The highest BCUT2D eigenvalue weighted by Gasteiger charge is 2.44. The molecule has 2 aromatic heterocycles. The lowest BCUT2D eigenvalue weighted by Gasteiger charge is -2.07. The van der Waals surface area contributed by atoms with Gasteiger partial charge in [0.25, 0.3) is 0 Å². The Balaban J connectivity index is 1.34. The minimum absolute atomic E-state index is 0.00787. The first-order valence-corrected chi connectivity index (χ1v) is 9.05. The molecule has 0 aliphatic heterocycles. The van der Waals surface area contributed by atoms with Crippen molar-refractivity contribution in [3.8, 4) is 0 Å². The molecular formula is C19H16BrN5O. The van der Waals surface area contributed by atoms with Crippen molar-refractivity contribution in [2.75, 3.05) is 10.6 Å². The summed E-state index contributed by atoms with van der Waals surface area (Å²) in [6, 6.07) is 13.2. The van der Waals surface area contributed by atoms with Gasteiger partial charge in [-0.1, -0.05) is 6.07 Å². The zero-order chi connectivity index (χ0) is 17.9. The second-order valence-corrected chi connectivity index (χ2v) is 6.94. The van der Waals surface area contributed by atoms with Crippen LogP contribution in [0.5, 0.6) is 0 Å². The Kier molecular flexibility index (Phi) is 4.62. The largest absolute Gasteiger partial charge is 0.326 e. The van der Waals surface area contributed by atoms with Gasteiger partial charge in [-0.15, -0.1) is 0 Å². The Morgan fingerprint density at radius 2 is 1.73 bits per heavy atom. The predicted octanol–water partition coefficient (Wildman–Crippen LogP) is 4.12. The van der Waals surface area contributed by atoms with Crippen molar-refractivity contribution in [3.05, 3.63) is 71.2 Å². The number of rotatable bonds is 5. The Bertz CT molecular complexity index is 899. The molecule has 0 bridgehead atoms. The van der Waals surface area contributed by atoms with E-state index < -0.39 is 0 Å². The van der Waals surface area contributed by atoms with Gasteiger partial charge in [0, 0.05) is 35.9 Å². The summed E-state index contributed by atoms with van der Waals surface area (Å²) in [5.74, 6) is 0.846. The minimum Gasteiger partial charge on any atom is -0.326 e. The lowest BCUT2D eigenvalue weighted by atomic mass is 10.1. The first kappa shape index (κ1) is 16.7. The van der Waals surface area contributed by atoms with E-state index in [9.17, 15) is 4.79 Å². The molecular weight excluding hydrogens is 394 g/mol. The van der Waals surface area contributed by atoms with Crippen LogP contribution < -0.4 is 10.6 Å². The molecule has 2 N–H and O–H groups in total. The second-order valence-electron chi connectivity index (χ2n) is 6.13. The molecule has 0 radical (unpaired) electrons. The van der Waals surface area contributed by atoms with Gasteiger partial charge in [-0.25, -0.2) is 15.0 Å². The van der Waals surface area contributed by atoms with Crippen LogP contribution in [0.15, 0.2) is 65.7 Å². The van der Waals surface area contributed by atoms with Crippen LogP contribution in [0.3, 0.4) is 0 Å². The van der Waals surface area contributed by atoms with Crippen LogP contribution in [0.1, 0.15) is 17.9 Å². The maximum Gasteiger partial charge on any atom is 0.228 e. The molecule has 2 heterocycles. The fraction of sp³-hybridized carbons (Fsp3) is 0.158. The van der Waals surface area contributed by atoms with Crippen LogP contribution in [-0.4, -0.2) is 20.9 Å². The summed E-state index contributed by atoms with van der Waals surface area (Å²) in [5, 5.41) is 6.09. The molecule has 1 aliphatic rings. The fourth-order valence-electron chi connectivity index (χ4n) is 2.82. The molecule has 1 amide bonds. The van der Waals surface area contributed by atoms with Gasteiger partial charge in [0.1, 0.15) is 4.60 Å². The number of hydrogen-bond donors (Lipinski definition) is 2. The highest BCUT2D eigenvalue weighted by Crippen LogP contribution is 2.47. The van der Waals surface area contributed by atoms with E-state index in [1.54, 1.807) is 18.5 Å². The summed E-state index contributed by atoms with van der Waals surface area (Å²) in [7, 11) is 0. The molecule has 26 heavy (non-hydrogen) atoms. The third-order valence-electron chi connectivity index (χ3n) is 4.28. The number of hydrogen-bond acceptors (Lipinski definition) is 5. The highest BCUT2D eigenvalue weighted by molar-refractivity contribution is 9.10. The summed E-state index contributed by atoms with van der Waals surface area (Å²) in [4.78, 5) is 24.9. The highest BCUT2D eigenvalue weighted by atomic mass is 79.9. The first-order valence-electron chi connectivity index (χ1n) is 8.25. The summed E-state index contributed by atoms with van der Waals surface area (Å²) < 4.78 is 0.803. The number of halogens is 1. The number of carbonyl (C=O) groups excluding carboxylic acids is 1. The summed E-state index contributed by atoms with van der Waals surface area (Å²) >= 11 is 3.33. The summed E-state index contributed by atoms with van der Waals surface area (Å²) in [6.07, 6.45) is 6.04. The Labute approximate surface area is 159 Å². The quantitative estimate of drug-likeness (QED) is 0.619. The molecule has 0 unspecified atom stereocenters. The number of carbonyl (C=O) groups is 1. The summed E-state index contributed by atoms with van der Waals surface area (Å²) in [5.41, 5.74) is 2.74. The topological polar surface area (TPSA) is 79.8 Å². The SMILES string of the molecule is O=C(Nc1ccc(Nc2ncccn2)cc1)[C@@H]1C[C@H]1c1ccc(Br)nc1. The predicted molar refractivity (Wildman–Crippen MR) is 103 cm³/mol. The van der Waals surface area contributed by atoms with E-state index in [1.807, 2.05) is 42.6 Å². The van der Waals surface area contributed by atoms with E-state index >= 15 is 0 Å². The third kappa shape index (κ3) is 3.88. The molecule has 1 saturated carbocycles. The molecule has 1 aliphatic carbocycles. The van der Waals surface area contributed by atoms with Gasteiger partial charge in [-0.2, -0.15) is 0 Å². The third-order valence-corrected chi connectivity index (χ3v) is 4.75. The molecule has 1 aromatic carbocycles. The number of anilines is 3. The van der Waals surface area contributed by atoms with Gasteiger partial charge in [-0.3, -0.25) is 4.79 Å². The smallest absolute Gasteiger partial charge is 0.228 e. The average molecular weight is 410 g/mol. The molecule has 130 valence electrons. The van der Waals surface area contributed by atoms with Gasteiger partial charge in [0.2, 0.25) is 11.9 Å². The van der Waals surface area contributed by atoms with E-state index in [2.05, 4.69) is 41.5 Å². The second kappa shape index (κ2) is 7.21. The van der Waals surface area contributed by atoms with Crippen LogP contribution in [0.2, 0.25) is 0 Å². The molecule has 4 rings (SSSR count). The number of pyridine rings is 1. The van der Waals surface area contributed by atoms with Crippen molar-refractivity contribution in [2.45, 2.75) is 12.3 Å². The van der Waals surface area contributed by atoms with Gasteiger partial charge in [-0.05, 0) is 70.2 Å². The van der Waals surface area contributed by atoms with Gasteiger partial charge >= 0.3 is 0 Å². The van der Waals surface area contributed by atoms with Crippen molar-refractivity contribution in [3.63, 3.8) is 0 Å². The molecule has 1 fully saturated rings. The minimum atomic E-state index is 0.00787.